The molecule has 0 bridgehead atoms. The summed E-state index contributed by atoms with van der Waals surface area (Å²) in [6.45, 7) is 6.73. The minimum Gasteiger partial charge on any atom is -0.444 e. The second kappa shape index (κ2) is 6.36. The summed E-state index contributed by atoms with van der Waals surface area (Å²) in [7, 11) is 0. The fourth-order valence-electron chi connectivity index (χ4n) is 4.20. The standard InChI is InChI=1S/C21H25N3O4/c1-20(2,3)28-19(27)24-7-6-21(12-24)10-14(17(25)11-21)8-13-4-5-15-16(9-13)23-18(26)22-15/h4-5,8-9H,6-7,10-12H2,1-3H3,(H2,22,23,26)/b14-8+. The van der Waals surface area contributed by atoms with Crippen LogP contribution < -0.4 is 5.69 Å². The third-order valence-corrected chi connectivity index (χ3v) is 5.43. The van der Waals surface area contributed by atoms with Crippen LogP contribution in [0.15, 0.2) is 28.6 Å². The minimum atomic E-state index is -0.527. The maximum Gasteiger partial charge on any atom is 0.410 e. The number of rotatable bonds is 1. The van der Waals surface area contributed by atoms with Gasteiger partial charge in [-0.25, -0.2) is 9.59 Å². The Labute approximate surface area is 162 Å². The molecule has 2 fully saturated rings. The van der Waals surface area contributed by atoms with Crippen molar-refractivity contribution in [2.24, 2.45) is 5.41 Å². The van der Waals surface area contributed by atoms with Crippen molar-refractivity contribution in [1.29, 1.82) is 0 Å². The van der Waals surface area contributed by atoms with Crippen molar-refractivity contribution in [3.05, 3.63) is 39.8 Å². The van der Waals surface area contributed by atoms with E-state index in [4.69, 9.17) is 4.74 Å². The molecule has 7 heteroatoms. The molecule has 2 heterocycles. The van der Waals surface area contributed by atoms with Crippen LogP contribution in [-0.4, -0.2) is 45.4 Å². The van der Waals surface area contributed by atoms with Gasteiger partial charge in [0.25, 0.3) is 0 Å². The Hall–Kier alpha value is -2.83. The summed E-state index contributed by atoms with van der Waals surface area (Å²) in [6, 6.07) is 5.58. The molecule has 1 spiro atoms. The zero-order chi connectivity index (χ0) is 20.1. The Morgan fingerprint density at radius 1 is 1.18 bits per heavy atom. The van der Waals surface area contributed by atoms with E-state index in [9.17, 15) is 14.4 Å². The van der Waals surface area contributed by atoms with Gasteiger partial charge in [-0.3, -0.25) is 4.79 Å². The number of ether oxygens (including phenoxy) is 1. The van der Waals surface area contributed by atoms with Crippen LogP contribution in [0.1, 0.15) is 45.6 Å². The number of fused-ring (bicyclic) bond motifs is 1. The summed E-state index contributed by atoms with van der Waals surface area (Å²) < 4.78 is 5.47. The third kappa shape index (κ3) is 3.61. The monoisotopic (exact) mass is 383 g/mol. The fourth-order valence-corrected chi connectivity index (χ4v) is 4.20. The number of H-pyrrole nitrogens is 2. The van der Waals surface area contributed by atoms with E-state index in [-0.39, 0.29) is 23.0 Å². The molecule has 1 atom stereocenters. The van der Waals surface area contributed by atoms with Crippen molar-refractivity contribution >= 4 is 29.0 Å². The number of imidazole rings is 1. The summed E-state index contributed by atoms with van der Waals surface area (Å²) >= 11 is 0. The van der Waals surface area contributed by atoms with Gasteiger partial charge in [-0.1, -0.05) is 6.07 Å². The van der Waals surface area contributed by atoms with Crippen LogP contribution in [0.5, 0.6) is 0 Å². The Morgan fingerprint density at radius 2 is 1.93 bits per heavy atom. The molecule has 2 N–H and O–H groups in total. The van der Waals surface area contributed by atoms with Crippen LogP contribution >= 0.6 is 0 Å². The van der Waals surface area contributed by atoms with E-state index in [1.165, 1.54) is 0 Å². The zero-order valence-corrected chi connectivity index (χ0v) is 16.4. The Balaban J connectivity index is 1.51. The highest BCUT2D eigenvalue weighted by atomic mass is 16.6. The Kier molecular flexibility index (Phi) is 4.21. The van der Waals surface area contributed by atoms with Gasteiger partial charge in [0.05, 0.1) is 11.0 Å². The van der Waals surface area contributed by atoms with Gasteiger partial charge < -0.3 is 19.6 Å². The molecule has 7 nitrogen and oxygen atoms in total. The van der Waals surface area contributed by atoms with Gasteiger partial charge in [-0.15, -0.1) is 0 Å². The molecule has 1 aromatic carbocycles. The highest BCUT2D eigenvalue weighted by molar-refractivity contribution is 6.02. The number of benzene rings is 1. The summed E-state index contributed by atoms with van der Waals surface area (Å²) in [5.41, 5.74) is 2.16. The number of aromatic amines is 2. The summed E-state index contributed by atoms with van der Waals surface area (Å²) in [4.78, 5) is 43.6. The minimum absolute atomic E-state index is 0.133. The molecule has 2 aliphatic rings. The van der Waals surface area contributed by atoms with Gasteiger partial charge in [0.2, 0.25) is 0 Å². The number of allylic oxidation sites excluding steroid dienone is 1. The van der Waals surface area contributed by atoms with Gasteiger partial charge in [0.15, 0.2) is 5.78 Å². The van der Waals surface area contributed by atoms with Gasteiger partial charge in [-0.05, 0) is 63.0 Å². The molecular formula is C21H25N3O4. The van der Waals surface area contributed by atoms with Crippen molar-refractivity contribution in [3.8, 4) is 0 Å². The lowest BCUT2D eigenvalue weighted by Gasteiger charge is -2.26. The normalized spacial score (nSPS) is 24.0. The lowest BCUT2D eigenvalue weighted by atomic mass is 9.85. The van der Waals surface area contributed by atoms with Crippen LogP contribution in [0.25, 0.3) is 17.1 Å². The fraction of sp³-hybridized carbons (Fsp3) is 0.476. The molecule has 2 aromatic rings. The number of nitrogens with one attached hydrogen (secondary N) is 2. The van der Waals surface area contributed by atoms with E-state index in [0.29, 0.717) is 25.9 Å². The third-order valence-electron chi connectivity index (χ3n) is 5.43. The number of aromatic nitrogens is 2. The molecule has 1 unspecified atom stereocenters. The van der Waals surface area contributed by atoms with Gasteiger partial charge in [0.1, 0.15) is 5.60 Å². The van der Waals surface area contributed by atoms with E-state index in [2.05, 4.69) is 9.97 Å². The lowest BCUT2D eigenvalue weighted by molar-refractivity contribution is -0.115. The van der Waals surface area contributed by atoms with Crippen LogP contribution in [0.4, 0.5) is 4.79 Å². The van der Waals surface area contributed by atoms with Crippen molar-refractivity contribution in [3.63, 3.8) is 0 Å². The highest BCUT2D eigenvalue weighted by Gasteiger charge is 2.47. The predicted molar refractivity (Wildman–Crippen MR) is 106 cm³/mol. The van der Waals surface area contributed by atoms with Gasteiger partial charge >= 0.3 is 11.8 Å². The molecule has 1 amide bonds. The van der Waals surface area contributed by atoms with Crippen LogP contribution in [0.3, 0.4) is 0 Å². The largest absolute Gasteiger partial charge is 0.444 e. The van der Waals surface area contributed by atoms with E-state index in [0.717, 1.165) is 28.6 Å². The first-order valence-electron chi connectivity index (χ1n) is 9.56. The molecular weight excluding hydrogens is 358 g/mol. The van der Waals surface area contributed by atoms with Crippen LogP contribution in [-0.2, 0) is 9.53 Å². The first-order valence-corrected chi connectivity index (χ1v) is 9.56. The lowest BCUT2D eigenvalue weighted by Crippen LogP contribution is -2.36. The molecule has 1 saturated heterocycles. The summed E-state index contributed by atoms with van der Waals surface area (Å²) in [5.74, 6) is 0.133. The number of carbonyl (C=O) groups excluding carboxylic acids is 2. The number of hydrogen-bond acceptors (Lipinski definition) is 4. The highest BCUT2D eigenvalue weighted by Crippen LogP contribution is 2.46. The maximum atomic E-state index is 12.6. The zero-order valence-electron chi connectivity index (χ0n) is 16.4. The second-order valence-electron chi connectivity index (χ2n) is 8.98. The average molecular weight is 383 g/mol. The number of nitrogens with zero attached hydrogens (tertiary/aromatic N) is 1. The Morgan fingerprint density at radius 3 is 2.68 bits per heavy atom. The van der Waals surface area contributed by atoms with Crippen molar-refractivity contribution in [2.45, 2.75) is 45.6 Å². The van der Waals surface area contributed by atoms with Gasteiger partial charge in [-0.2, -0.15) is 0 Å². The number of ketones is 1. The van der Waals surface area contributed by atoms with Crippen LogP contribution in [0.2, 0.25) is 0 Å². The van der Waals surface area contributed by atoms with Gasteiger partial charge in [0, 0.05) is 24.9 Å². The van der Waals surface area contributed by atoms with E-state index >= 15 is 0 Å². The quantitative estimate of drug-likeness (QED) is 0.739. The average Bonchev–Trinajstić information content (AvgIpc) is 3.23. The second-order valence-corrected chi connectivity index (χ2v) is 8.98. The smallest absolute Gasteiger partial charge is 0.410 e. The molecule has 1 saturated carbocycles. The molecule has 0 radical (unpaired) electrons. The number of carbonyl (C=O) groups is 2. The molecule has 4 rings (SSSR count). The van der Waals surface area contributed by atoms with Crippen molar-refractivity contribution in [1.82, 2.24) is 14.9 Å². The number of amides is 1. The molecule has 1 aromatic heterocycles. The first kappa shape index (κ1) is 18.5. The Bertz CT molecular complexity index is 1040. The maximum absolute atomic E-state index is 12.6. The molecule has 1 aliphatic heterocycles. The predicted octanol–water partition coefficient (Wildman–Crippen LogP) is 3.23. The molecule has 148 valence electrons. The number of hydrogen-bond donors (Lipinski definition) is 2. The molecule has 28 heavy (non-hydrogen) atoms. The van der Waals surface area contributed by atoms with Crippen molar-refractivity contribution < 1.29 is 14.3 Å². The number of likely N-dealkylation sites (tertiary alicyclic amines) is 1. The van der Waals surface area contributed by atoms with E-state index in [1.54, 1.807) is 4.90 Å². The topological polar surface area (TPSA) is 95.3 Å². The van der Waals surface area contributed by atoms with E-state index < -0.39 is 5.60 Å². The van der Waals surface area contributed by atoms with E-state index in [1.807, 2.05) is 45.0 Å². The summed E-state index contributed by atoms with van der Waals surface area (Å²) in [5, 5.41) is 0. The first-order chi connectivity index (χ1) is 13.1. The van der Waals surface area contributed by atoms with Crippen molar-refractivity contribution in [2.75, 3.05) is 13.1 Å². The summed E-state index contributed by atoms with van der Waals surface area (Å²) in [6.07, 6.45) is 3.52. The number of Topliss-reactive ketones (excluding diaryl/α,β-unsaturated/α-hetero) is 1. The van der Waals surface area contributed by atoms with Crippen LogP contribution in [0, 0.1) is 5.41 Å². The SMILES string of the molecule is CC(C)(C)OC(=O)N1CCC2(CC(=O)/C(=C/c3ccc4[nH]c(=O)[nH]c4c3)C2)C1. The molecule has 1 aliphatic carbocycles.